The molecular weight excluding hydrogens is 523 g/mol. The van der Waals surface area contributed by atoms with E-state index in [2.05, 4.69) is 15.6 Å². The Morgan fingerprint density at radius 2 is 1.83 bits per heavy atom. The van der Waals surface area contributed by atoms with E-state index in [1.54, 1.807) is 42.5 Å². The van der Waals surface area contributed by atoms with Crippen LogP contribution in [0, 0.1) is 0 Å². The Kier molecular flexibility index (Phi) is 7.00. The van der Waals surface area contributed by atoms with Gasteiger partial charge in [-0.2, -0.15) is 0 Å². The zero-order chi connectivity index (χ0) is 25.2. The largest absolute Gasteiger partial charge is 0.341 e. The van der Waals surface area contributed by atoms with Crippen LogP contribution in [0.15, 0.2) is 54.7 Å². The summed E-state index contributed by atoms with van der Waals surface area (Å²) >= 11 is 18.8. The number of imidazole rings is 1. The monoisotopic (exact) mass is 542 g/mol. The van der Waals surface area contributed by atoms with E-state index >= 15 is 0 Å². The standard InChI is InChI=1S/C25H21Cl3N6O2/c26-16-8-9-29-21(14-16)31-24(36)15-6-7-20-19(13-15)30-25(32-23-17(27)3-1-4-18(23)28)34(20)12-11-33-10-2-5-22(33)35/h1,3-4,6-9,13-14H,2,5,10-12H2,(H,30,32)(H,29,31,36). The first kappa shape index (κ1) is 24.4. The third-order valence-corrected chi connectivity index (χ3v) is 6.80. The van der Waals surface area contributed by atoms with Gasteiger partial charge in [-0.1, -0.05) is 40.9 Å². The summed E-state index contributed by atoms with van der Waals surface area (Å²) < 4.78 is 1.96. The van der Waals surface area contributed by atoms with Gasteiger partial charge < -0.3 is 20.1 Å². The molecule has 36 heavy (non-hydrogen) atoms. The van der Waals surface area contributed by atoms with Gasteiger partial charge in [-0.25, -0.2) is 9.97 Å². The molecule has 0 atom stereocenters. The summed E-state index contributed by atoms with van der Waals surface area (Å²) in [6.45, 7) is 1.79. The summed E-state index contributed by atoms with van der Waals surface area (Å²) in [5.74, 6) is 0.661. The zero-order valence-corrected chi connectivity index (χ0v) is 21.2. The predicted octanol–water partition coefficient (Wildman–Crippen LogP) is 6.01. The lowest BCUT2D eigenvalue weighted by molar-refractivity contribution is -0.127. The number of likely N-dealkylation sites (tertiary alicyclic amines) is 1. The number of benzene rings is 2. The highest BCUT2D eigenvalue weighted by Gasteiger charge is 2.22. The second-order valence-corrected chi connectivity index (χ2v) is 9.56. The number of anilines is 3. The molecule has 1 aliphatic heterocycles. The highest BCUT2D eigenvalue weighted by Crippen LogP contribution is 2.33. The van der Waals surface area contributed by atoms with Gasteiger partial charge in [0.1, 0.15) is 5.82 Å². The van der Waals surface area contributed by atoms with Crippen LogP contribution < -0.4 is 10.6 Å². The number of fused-ring (bicyclic) bond motifs is 1. The van der Waals surface area contributed by atoms with Gasteiger partial charge in [0.05, 0.1) is 26.8 Å². The summed E-state index contributed by atoms with van der Waals surface area (Å²) in [7, 11) is 0. The highest BCUT2D eigenvalue weighted by molar-refractivity contribution is 6.39. The molecule has 1 saturated heterocycles. The molecule has 2 aromatic heterocycles. The number of pyridine rings is 1. The van der Waals surface area contributed by atoms with Crippen LogP contribution in [0.5, 0.6) is 0 Å². The molecule has 1 fully saturated rings. The smallest absolute Gasteiger partial charge is 0.256 e. The Bertz CT molecular complexity index is 1450. The van der Waals surface area contributed by atoms with Crippen LogP contribution in [-0.2, 0) is 11.3 Å². The average molecular weight is 544 g/mol. The highest BCUT2D eigenvalue weighted by atomic mass is 35.5. The number of rotatable bonds is 7. The van der Waals surface area contributed by atoms with Gasteiger partial charge in [-0.05, 0) is 48.9 Å². The molecule has 4 aromatic rings. The average Bonchev–Trinajstić information content (AvgIpc) is 3.42. The molecule has 5 rings (SSSR count). The van der Waals surface area contributed by atoms with Crippen molar-refractivity contribution >= 4 is 75.1 Å². The summed E-state index contributed by atoms with van der Waals surface area (Å²) in [6, 6.07) is 13.7. The van der Waals surface area contributed by atoms with Gasteiger partial charge >= 0.3 is 0 Å². The Morgan fingerprint density at radius 1 is 1.03 bits per heavy atom. The van der Waals surface area contributed by atoms with Gasteiger partial charge in [0.2, 0.25) is 11.9 Å². The van der Waals surface area contributed by atoms with E-state index in [0.29, 0.717) is 63.1 Å². The lowest BCUT2D eigenvalue weighted by Gasteiger charge is -2.18. The van der Waals surface area contributed by atoms with Crippen molar-refractivity contribution in [2.75, 3.05) is 23.7 Å². The zero-order valence-electron chi connectivity index (χ0n) is 19.0. The summed E-state index contributed by atoms with van der Waals surface area (Å²) in [6.07, 6.45) is 2.96. The lowest BCUT2D eigenvalue weighted by atomic mass is 10.2. The fourth-order valence-corrected chi connectivity index (χ4v) is 4.80. The molecule has 0 aliphatic carbocycles. The molecular formula is C25H21Cl3N6O2. The quantitative estimate of drug-likeness (QED) is 0.298. The molecule has 3 heterocycles. The van der Waals surface area contributed by atoms with Crippen molar-refractivity contribution in [3.8, 4) is 0 Å². The third kappa shape index (κ3) is 5.11. The SMILES string of the molecule is O=C(Nc1cc(Cl)ccn1)c1ccc2c(c1)nc(Nc1c(Cl)cccc1Cl)n2CCN1CCCC1=O. The minimum atomic E-state index is -0.340. The predicted molar refractivity (Wildman–Crippen MR) is 142 cm³/mol. The van der Waals surface area contributed by atoms with Crippen LogP contribution in [-0.4, -0.2) is 44.3 Å². The number of amides is 2. The van der Waals surface area contributed by atoms with Crippen LogP contribution in [0.25, 0.3) is 11.0 Å². The van der Waals surface area contributed by atoms with E-state index in [1.807, 2.05) is 15.5 Å². The third-order valence-electron chi connectivity index (χ3n) is 5.94. The van der Waals surface area contributed by atoms with Gasteiger partial charge in [-0.15, -0.1) is 0 Å². The van der Waals surface area contributed by atoms with E-state index in [4.69, 9.17) is 39.8 Å². The molecule has 2 amide bonds. The van der Waals surface area contributed by atoms with Crippen LogP contribution in [0.3, 0.4) is 0 Å². The molecule has 0 bridgehead atoms. The van der Waals surface area contributed by atoms with Crippen molar-refractivity contribution in [3.63, 3.8) is 0 Å². The Hall–Kier alpha value is -3.33. The number of carbonyl (C=O) groups is 2. The fourth-order valence-electron chi connectivity index (χ4n) is 4.14. The maximum absolute atomic E-state index is 12.9. The summed E-state index contributed by atoms with van der Waals surface area (Å²) in [4.78, 5) is 35.7. The van der Waals surface area contributed by atoms with E-state index < -0.39 is 0 Å². The van der Waals surface area contributed by atoms with Crippen LogP contribution in [0.1, 0.15) is 23.2 Å². The second-order valence-electron chi connectivity index (χ2n) is 8.31. The van der Waals surface area contributed by atoms with E-state index in [9.17, 15) is 9.59 Å². The van der Waals surface area contributed by atoms with E-state index in [1.165, 1.54) is 6.20 Å². The molecule has 1 aliphatic rings. The Labute approximate surface area is 222 Å². The van der Waals surface area contributed by atoms with Crippen molar-refractivity contribution in [1.82, 2.24) is 19.4 Å². The number of halogens is 3. The van der Waals surface area contributed by atoms with Crippen molar-refractivity contribution < 1.29 is 9.59 Å². The molecule has 8 nitrogen and oxygen atoms in total. The first-order chi connectivity index (χ1) is 17.4. The van der Waals surface area contributed by atoms with Gasteiger partial charge in [0.25, 0.3) is 5.91 Å². The van der Waals surface area contributed by atoms with Crippen LogP contribution in [0.4, 0.5) is 17.5 Å². The normalized spacial score (nSPS) is 13.4. The fraction of sp³-hybridized carbons (Fsp3) is 0.200. The number of nitrogens with one attached hydrogen (secondary N) is 2. The minimum absolute atomic E-state index is 0.150. The van der Waals surface area contributed by atoms with Crippen molar-refractivity contribution in [3.05, 3.63) is 75.4 Å². The molecule has 0 radical (unpaired) electrons. The number of nitrogens with zero attached hydrogens (tertiary/aromatic N) is 4. The van der Waals surface area contributed by atoms with E-state index in [0.717, 1.165) is 18.5 Å². The molecule has 0 unspecified atom stereocenters. The van der Waals surface area contributed by atoms with Gasteiger partial charge in [0.15, 0.2) is 0 Å². The molecule has 0 saturated carbocycles. The second kappa shape index (κ2) is 10.3. The number of hydrogen-bond acceptors (Lipinski definition) is 5. The number of hydrogen-bond donors (Lipinski definition) is 2. The van der Waals surface area contributed by atoms with Crippen LogP contribution >= 0.6 is 34.8 Å². The van der Waals surface area contributed by atoms with Crippen molar-refractivity contribution in [2.45, 2.75) is 19.4 Å². The Morgan fingerprint density at radius 3 is 2.56 bits per heavy atom. The number of para-hydroxylation sites is 1. The Balaban J connectivity index is 1.48. The number of carbonyl (C=O) groups excluding carboxylic acids is 2. The van der Waals surface area contributed by atoms with Gasteiger partial charge in [0, 0.05) is 42.8 Å². The molecule has 2 N–H and O–H groups in total. The van der Waals surface area contributed by atoms with E-state index in [-0.39, 0.29) is 11.8 Å². The lowest BCUT2D eigenvalue weighted by Crippen LogP contribution is -2.28. The maximum atomic E-state index is 12.9. The first-order valence-corrected chi connectivity index (χ1v) is 12.4. The topological polar surface area (TPSA) is 92.2 Å². The minimum Gasteiger partial charge on any atom is -0.341 e. The number of aromatic nitrogens is 3. The summed E-state index contributed by atoms with van der Waals surface area (Å²) in [5, 5.41) is 7.35. The molecule has 11 heteroatoms. The molecule has 184 valence electrons. The summed E-state index contributed by atoms with van der Waals surface area (Å²) in [5.41, 5.74) is 2.33. The van der Waals surface area contributed by atoms with Crippen molar-refractivity contribution in [2.24, 2.45) is 0 Å². The first-order valence-electron chi connectivity index (χ1n) is 11.3. The molecule has 2 aromatic carbocycles. The maximum Gasteiger partial charge on any atom is 0.256 e. The molecule has 0 spiro atoms. The van der Waals surface area contributed by atoms with Crippen LogP contribution in [0.2, 0.25) is 15.1 Å². The van der Waals surface area contributed by atoms with Gasteiger partial charge in [-0.3, -0.25) is 9.59 Å². The van der Waals surface area contributed by atoms with Crippen molar-refractivity contribution in [1.29, 1.82) is 0 Å².